The van der Waals surface area contributed by atoms with Crippen LogP contribution in [0.5, 0.6) is 0 Å². The van der Waals surface area contributed by atoms with Gasteiger partial charge in [0.2, 0.25) is 0 Å². The van der Waals surface area contributed by atoms with E-state index in [9.17, 15) is 9.18 Å². The number of fused-ring (bicyclic) bond motifs is 2. The van der Waals surface area contributed by atoms with E-state index in [1.165, 1.54) is 16.9 Å². The second-order valence-corrected chi connectivity index (χ2v) is 8.07. The first-order valence-electron chi connectivity index (χ1n) is 9.62. The van der Waals surface area contributed by atoms with Crippen molar-refractivity contribution in [3.63, 3.8) is 0 Å². The first kappa shape index (κ1) is 19.4. The van der Waals surface area contributed by atoms with E-state index in [2.05, 4.69) is 31.4 Å². The number of nitrogens with one attached hydrogen (secondary N) is 1. The molecule has 0 spiro atoms. The predicted molar refractivity (Wildman–Crippen MR) is 123 cm³/mol. The molecule has 0 saturated heterocycles. The Kier molecular flexibility index (Phi) is 4.75. The van der Waals surface area contributed by atoms with Crippen LogP contribution in [-0.4, -0.2) is 20.9 Å². The molecule has 152 valence electrons. The van der Waals surface area contributed by atoms with E-state index in [4.69, 9.17) is 0 Å². The number of benzene rings is 4. The highest BCUT2D eigenvalue weighted by molar-refractivity contribution is 9.10. The van der Waals surface area contributed by atoms with E-state index in [1.54, 1.807) is 18.2 Å². The quantitative estimate of drug-likeness (QED) is 0.346. The monoisotopic (exact) mass is 474 g/mol. The Morgan fingerprint density at radius 3 is 2.39 bits per heavy atom. The number of nitrogens with zero attached hydrogens (tertiary/aromatic N) is 3. The van der Waals surface area contributed by atoms with Gasteiger partial charge in [0.05, 0.1) is 5.69 Å². The van der Waals surface area contributed by atoms with Crippen LogP contribution < -0.4 is 5.32 Å². The van der Waals surface area contributed by atoms with Gasteiger partial charge >= 0.3 is 0 Å². The second kappa shape index (κ2) is 7.59. The first-order chi connectivity index (χ1) is 15.0. The molecular weight excluding hydrogens is 459 g/mol. The number of rotatable bonds is 3. The van der Waals surface area contributed by atoms with Crippen molar-refractivity contribution in [1.82, 2.24) is 15.0 Å². The summed E-state index contributed by atoms with van der Waals surface area (Å²) in [5.74, 6) is -0.515. The Hall–Kier alpha value is -3.58. The summed E-state index contributed by atoms with van der Waals surface area (Å²) in [6.07, 6.45) is 0. The molecule has 0 aliphatic carbocycles. The van der Waals surface area contributed by atoms with E-state index in [-0.39, 0.29) is 11.7 Å². The van der Waals surface area contributed by atoms with Gasteiger partial charge in [0.25, 0.3) is 5.91 Å². The van der Waals surface area contributed by atoms with E-state index in [0.717, 1.165) is 20.8 Å². The van der Waals surface area contributed by atoms with Gasteiger partial charge in [-0.15, -0.1) is 10.2 Å². The fourth-order valence-corrected chi connectivity index (χ4v) is 4.05. The summed E-state index contributed by atoms with van der Waals surface area (Å²) in [7, 11) is 0. The SMILES string of the molecule is Cc1cc2nn(-c3ccc(F)cc3)nc2cc1NC(=O)c1cccc2c(Br)cccc12. The number of amides is 1. The Bertz CT molecular complexity index is 1460. The highest BCUT2D eigenvalue weighted by Gasteiger charge is 2.14. The van der Waals surface area contributed by atoms with E-state index in [1.807, 2.05) is 49.4 Å². The molecule has 0 unspecified atom stereocenters. The lowest BCUT2D eigenvalue weighted by atomic mass is 10.0. The highest BCUT2D eigenvalue weighted by Crippen LogP contribution is 2.28. The normalized spacial score (nSPS) is 11.2. The molecule has 5 rings (SSSR count). The van der Waals surface area contributed by atoms with Crippen molar-refractivity contribution in [1.29, 1.82) is 0 Å². The molecule has 1 aromatic heterocycles. The van der Waals surface area contributed by atoms with Crippen molar-refractivity contribution < 1.29 is 9.18 Å². The van der Waals surface area contributed by atoms with Crippen LogP contribution in [0.25, 0.3) is 27.5 Å². The van der Waals surface area contributed by atoms with E-state index >= 15 is 0 Å². The number of aromatic nitrogens is 3. The lowest BCUT2D eigenvalue weighted by Gasteiger charge is -2.11. The minimum absolute atomic E-state index is 0.197. The maximum Gasteiger partial charge on any atom is 0.256 e. The summed E-state index contributed by atoms with van der Waals surface area (Å²) in [5, 5.41) is 13.8. The molecule has 0 radical (unpaired) electrons. The van der Waals surface area contributed by atoms with Crippen molar-refractivity contribution in [3.05, 3.63) is 94.2 Å². The van der Waals surface area contributed by atoms with Crippen LogP contribution in [0.3, 0.4) is 0 Å². The van der Waals surface area contributed by atoms with Gasteiger partial charge in [-0.05, 0) is 71.8 Å². The van der Waals surface area contributed by atoms with Crippen LogP contribution in [0.1, 0.15) is 15.9 Å². The first-order valence-corrected chi connectivity index (χ1v) is 10.4. The zero-order chi connectivity index (χ0) is 21.5. The second-order valence-electron chi connectivity index (χ2n) is 7.22. The van der Waals surface area contributed by atoms with E-state index < -0.39 is 0 Å². The third-order valence-corrected chi connectivity index (χ3v) is 5.84. The summed E-state index contributed by atoms with van der Waals surface area (Å²) < 4.78 is 14.1. The molecule has 31 heavy (non-hydrogen) atoms. The maximum absolute atomic E-state index is 13.2. The van der Waals surface area contributed by atoms with Gasteiger partial charge in [-0.3, -0.25) is 4.79 Å². The third kappa shape index (κ3) is 3.57. The number of hydrogen-bond acceptors (Lipinski definition) is 3. The minimum atomic E-state index is -0.318. The smallest absolute Gasteiger partial charge is 0.256 e. The number of aryl methyl sites for hydroxylation is 1. The van der Waals surface area contributed by atoms with Crippen LogP contribution in [-0.2, 0) is 0 Å². The van der Waals surface area contributed by atoms with Crippen molar-refractivity contribution in [2.45, 2.75) is 6.92 Å². The predicted octanol–water partition coefficient (Wildman–Crippen LogP) is 6.04. The minimum Gasteiger partial charge on any atom is -0.322 e. The molecule has 0 fully saturated rings. The largest absolute Gasteiger partial charge is 0.322 e. The Morgan fingerprint density at radius 2 is 1.61 bits per heavy atom. The van der Waals surface area contributed by atoms with Crippen LogP contribution in [0, 0.1) is 12.7 Å². The van der Waals surface area contributed by atoms with Gasteiger partial charge in [0.1, 0.15) is 16.9 Å². The summed E-state index contributed by atoms with van der Waals surface area (Å²) in [6.45, 7) is 1.91. The Morgan fingerprint density at radius 1 is 0.935 bits per heavy atom. The van der Waals surface area contributed by atoms with Crippen LogP contribution in [0.4, 0.5) is 10.1 Å². The maximum atomic E-state index is 13.2. The van der Waals surface area contributed by atoms with Crippen molar-refractivity contribution in [3.8, 4) is 5.69 Å². The number of carbonyl (C=O) groups is 1. The summed E-state index contributed by atoms with van der Waals surface area (Å²) in [4.78, 5) is 14.5. The topological polar surface area (TPSA) is 59.8 Å². The summed E-state index contributed by atoms with van der Waals surface area (Å²) >= 11 is 3.54. The molecule has 5 nitrogen and oxygen atoms in total. The van der Waals surface area contributed by atoms with Gasteiger partial charge in [-0.25, -0.2) is 4.39 Å². The highest BCUT2D eigenvalue weighted by atomic mass is 79.9. The lowest BCUT2D eigenvalue weighted by molar-refractivity contribution is 0.102. The molecular formula is C24H16BrFN4O. The molecule has 1 heterocycles. The molecule has 4 aromatic carbocycles. The molecule has 0 bridgehead atoms. The third-order valence-electron chi connectivity index (χ3n) is 5.15. The lowest BCUT2D eigenvalue weighted by Crippen LogP contribution is -2.13. The zero-order valence-corrected chi connectivity index (χ0v) is 18.0. The number of halogens is 2. The van der Waals surface area contributed by atoms with Gasteiger partial charge in [-0.2, -0.15) is 4.80 Å². The molecule has 0 aliphatic rings. The summed E-state index contributed by atoms with van der Waals surface area (Å²) in [5.41, 5.74) is 4.10. The van der Waals surface area contributed by atoms with Crippen LogP contribution in [0.2, 0.25) is 0 Å². The van der Waals surface area contributed by atoms with Crippen molar-refractivity contribution >= 4 is 49.3 Å². The fraction of sp³-hybridized carbons (Fsp3) is 0.0417. The molecule has 0 aliphatic heterocycles. The number of carbonyl (C=O) groups excluding carboxylic acids is 1. The number of hydrogen-bond donors (Lipinski definition) is 1. The van der Waals surface area contributed by atoms with Gasteiger partial charge in [0.15, 0.2) is 0 Å². The van der Waals surface area contributed by atoms with Crippen molar-refractivity contribution in [2.75, 3.05) is 5.32 Å². The van der Waals surface area contributed by atoms with Crippen LogP contribution in [0.15, 0.2) is 77.3 Å². The molecule has 5 aromatic rings. The van der Waals surface area contributed by atoms with Gasteiger partial charge in [0, 0.05) is 15.7 Å². The Labute approximate surface area is 185 Å². The molecule has 7 heteroatoms. The summed E-state index contributed by atoms with van der Waals surface area (Å²) in [6, 6.07) is 21.1. The molecule has 0 saturated carbocycles. The van der Waals surface area contributed by atoms with Crippen LogP contribution >= 0.6 is 15.9 Å². The average molecular weight is 475 g/mol. The van der Waals surface area contributed by atoms with E-state index in [0.29, 0.717) is 28.0 Å². The van der Waals surface area contributed by atoms with Gasteiger partial charge in [-0.1, -0.05) is 40.2 Å². The standard InChI is InChI=1S/C24H16BrFN4O/c1-14-12-22-23(29-30(28-22)16-10-8-15(26)9-11-16)13-21(14)27-24(31)19-6-2-5-18-17(19)4-3-7-20(18)25/h2-13H,1H3,(H,27,31). The molecule has 0 atom stereocenters. The van der Waals surface area contributed by atoms with Gasteiger partial charge < -0.3 is 5.32 Å². The number of anilines is 1. The Balaban J connectivity index is 1.51. The fourth-order valence-electron chi connectivity index (χ4n) is 3.55. The molecule has 1 N–H and O–H groups in total. The van der Waals surface area contributed by atoms with Crippen molar-refractivity contribution in [2.24, 2.45) is 0 Å². The average Bonchev–Trinajstić information content (AvgIpc) is 3.17. The molecule has 1 amide bonds. The zero-order valence-electron chi connectivity index (χ0n) is 16.4.